The van der Waals surface area contributed by atoms with Gasteiger partial charge in [-0.15, -0.1) is 0 Å². The third-order valence-electron chi connectivity index (χ3n) is 3.56. The Hall–Kier alpha value is -2.24. The molecule has 0 amide bonds. The topological polar surface area (TPSA) is 60.2 Å². The number of aliphatic hydroxyl groups excluding tert-OH is 1. The minimum atomic E-state index is -0.576. The SMILES string of the molecule is Cc1nc2cnccc2n1C[C@H](O)COCc1ccccc1. The van der Waals surface area contributed by atoms with E-state index in [9.17, 15) is 5.11 Å². The summed E-state index contributed by atoms with van der Waals surface area (Å²) in [6.45, 7) is 3.18. The van der Waals surface area contributed by atoms with Crippen LogP contribution in [0, 0.1) is 6.92 Å². The summed E-state index contributed by atoms with van der Waals surface area (Å²) < 4.78 is 7.58. The Labute approximate surface area is 129 Å². The van der Waals surface area contributed by atoms with Crippen molar-refractivity contribution in [3.63, 3.8) is 0 Å². The molecule has 0 saturated carbocycles. The van der Waals surface area contributed by atoms with E-state index in [0.29, 0.717) is 19.8 Å². The van der Waals surface area contributed by atoms with Gasteiger partial charge in [-0.2, -0.15) is 0 Å². The molecule has 114 valence electrons. The third-order valence-corrected chi connectivity index (χ3v) is 3.56. The fraction of sp³-hybridized carbons (Fsp3) is 0.294. The maximum atomic E-state index is 10.2. The van der Waals surface area contributed by atoms with Crippen molar-refractivity contribution >= 4 is 11.0 Å². The lowest BCUT2D eigenvalue weighted by Gasteiger charge is -2.14. The van der Waals surface area contributed by atoms with Crippen LogP contribution >= 0.6 is 0 Å². The second-order valence-corrected chi connectivity index (χ2v) is 5.29. The molecule has 22 heavy (non-hydrogen) atoms. The van der Waals surface area contributed by atoms with Crippen molar-refractivity contribution in [1.82, 2.24) is 14.5 Å². The van der Waals surface area contributed by atoms with Gasteiger partial charge in [0.05, 0.1) is 37.6 Å². The number of aryl methyl sites for hydroxylation is 1. The van der Waals surface area contributed by atoms with Crippen LogP contribution in [0.1, 0.15) is 11.4 Å². The first-order valence-corrected chi connectivity index (χ1v) is 7.30. The van der Waals surface area contributed by atoms with Crippen LogP contribution in [0.5, 0.6) is 0 Å². The summed E-state index contributed by atoms with van der Waals surface area (Å²) in [4.78, 5) is 8.51. The second-order valence-electron chi connectivity index (χ2n) is 5.29. The van der Waals surface area contributed by atoms with E-state index in [1.54, 1.807) is 12.4 Å². The molecule has 3 rings (SSSR count). The summed E-state index contributed by atoms with van der Waals surface area (Å²) in [5.74, 6) is 0.866. The lowest BCUT2D eigenvalue weighted by Crippen LogP contribution is -2.22. The molecule has 3 aromatic rings. The lowest BCUT2D eigenvalue weighted by atomic mass is 10.2. The van der Waals surface area contributed by atoms with E-state index in [-0.39, 0.29) is 0 Å². The smallest absolute Gasteiger partial charge is 0.107 e. The number of imidazole rings is 1. The van der Waals surface area contributed by atoms with Gasteiger partial charge in [-0.3, -0.25) is 4.98 Å². The van der Waals surface area contributed by atoms with Gasteiger partial charge in [-0.25, -0.2) is 4.98 Å². The molecule has 1 atom stereocenters. The first kappa shape index (κ1) is 14.7. The van der Waals surface area contributed by atoms with E-state index in [2.05, 4.69) is 9.97 Å². The van der Waals surface area contributed by atoms with E-state index in [0.717, 1.165) is 22.4 Å². The molecule has 0 bridgehead atoms. The van der Waals surface area contributed by atoms with E-state index in [1.807, 2.05) is 47.9 Å². The Morgan fingerprint density at radius 3 is 2.86 bits per heavy atom. The van der Waals surface area contributed by atoms with Crippen LogP contribution in [0.4, 0.5) is 0 Å². The average Bonchev–Trinajstić information content (AvgIpc) is 2.84. The van der Waals surface area contributed by atoms with Gasteiger partial charge in [-0.1, -0.05) is 30.3 Å². The van der Waals surface area contributed by atoms with Crippen molar-refractivity contribution in [2.45, 2.75) is 26.2 Å². The third kappa shape index (κ3) is 3.32. The highest BCUT2D eigenvalue weighted by Crippen LogP contribution is 2.15. The number of rotatable bonds is 6. The van der Waals surface area contributed by atoms with Crippen molar-refractivity contribution < 1.29 is 9.84 Å². The number of aliphatic hydroxyl groups is 1. The van der Waals surface area contributed by atoms with Gasteiger partial charge in [0.15, 0.2) is 0 Å². The molecule has 5 heteroatoms. The highest BCUT2D eigenvalue weighted by Gasteiger charge is 2.12. The molecule has 0 aliphatic rings. The van der Waals surface area contributed by atoms with Gasteiger partial charge in [0.25, 0.3) is 0 Å². The Morgan fingerprint density at radius 2 is 2.05 bits per heavy atom. The average molecular weight is 297 g/mol. The standard InChI is InChI=1S/C17H19N3O2/c1-13-19-16-9-18-8-7-17(16)20(13)10-15(21)12-22-11-14-5-3-2-4-6-14/h2-9,15,21H,10-12H2,1H3/t15-/m0/s1. The first-order chi connectivity index (χ1) is 10.7. The maximum absolute atomic E-state index is 10.2. The molecule has 0 saturated heterocycles. The van der Waals surface area contributed by atoms with Crippen LogP contribution in [-0.2, 0) is 17.9 Å². The Balaban J connectivity index is 1.59. The molecule has 0 radical (unpaired) electrons. The zero-order valence-corrected chi connectivity index (χ0v) is 12.5. The van der Waals surface area contributed by atoms with Gasteiger partial charge in [0.2, 0.25) is 0 Å². The molecule has 1 N–H and O–H groups in total. The van der Waals surface area contributed by atoms with Crippen molar-refractivity contribution in [1.29, 1.82) is 0 Å². The fourth-order valence-corrected chi connectivity index (χ4v) is 2.48. The van der Waals surface area contributed by atoms with E-state index in [1.165, 1.54) is 0 Å². The van der Waals surface area contributed by atoms with Crippen molar-refractivity contribution in [2.24, 2.45) is 0 Å². The second kappa shape index (κ2) is 6.68. The van der Waals surface area contributed by atoms with Gasteiger partial charge in [0, 0.05) is 6.20 Å². The number of aromatic nitrogens is 3. The quantitative estimate of drug-likeness (QED) is 0.758. The van der Waals surface area contributed by atoms with Crippen LogP contribution in [0.25, 0.3) is 11.0 Å². The maximum Gasteiger partial charge on any atom is 0.107 e. The highest BCUT2D eigenvalue weighted by molar-refractivity contribution is 5.74. The minimum absolute atomic E-state index is 0.291. The molecule has 0 unspecified atom stereocenters. The minimum Gasteiger partial charge on any atom is -0.389 e. The van der Waals surface area contributed by atoms with Gasteiger partial charge >= 0.3 is 0 Å². The van der Waals surface area contributed by atoms with Crippen LogP contribution in [0.15, 0.2) is 48.8 Å². The first-order valence-electron chi connectivity index (χ1n) is 7.30. The number of nitrogens with zero attached hydrogens (tertiary/aromatic N) is 3. The molecule has 2 aromatic heterocycles. The van der Waals surface area contributed by atoms with E-state index >= 15 is 0 Å². The monoisotopic (exact) mass is 297 g/mol. The Bertz CT molecular complexity index is 740. The van der Waals surface area contributed by atoms with E-state index in [4.69, 9.17) is 4.74 Å². The zero-order valence-electron chi connectivity index (χ0n) is 12.5. The highest BCUT2D eigenvalue weighted by atomic mass is 16.5. The summed E-state index contributed by atoms with van der Waals surface area (Å²) in [5, 5.41) is 10.2. The molecule has 0 aliphatic carbocycles. The van der Waals surface area contributed by atoms with Crippen LogP contribution in [0.2, 0.25) is 0 Å². The van der Waals surface area contributed by atoms with Crippen molar-refractivity contribution in [3.8, 4) is 0 Å². The van der Waals surface area contributed by atoms with Gasteiger partial charge in [-0.05, 0) is 18.6 Å². The Kier molecular flexibility index (Phi) is 4.46. The molecule has 1 aromatic carbocycles. The number of hydrogen-bond donors (Lipinski definition) is 1. The number of ether oxygens (including phenoxy) is 1. The lowest BCUT2D eigenvalue weighted by molar-refractivity contribution is 0.0206. The number of benzene rings is 1. The molecule has 2 heterocycles. The van der Waals surface area contributed by atoms with E-state index < -0.39 is 6.10 Å². The largest absolute Gasteiger partial charge is 0.389 e. The zero-order chi connectivity index (χ0) is 15.4. The number of pyridine rings is 1. The number of fused-ring (bicyclic) bond motifs is 1. The molecule has 0 fully saturated rings. The van der Waals surface area contributed by atoms with Crippen molar-refractivity contribution in [3.05, 3.63) is 60.2 Å². The van der Waals surface area contributed by atoms with Gasteiger partial charge in [0.1, 0.15) is 11.3 Å². The van der Waals surface area contributed by atoms with Crippen molar-refractivity contribution in [2.75, 3.05) is 6.61 Å². The van der Waals surface area contributed by atoms with Crippen LogP contribution in [-0.4, -0.2) is 32.4 Å². The van der Waals surface area contributed by atoms with Crippen LogP contribution in [0.3, 0.4) is 0 Å². The predicted molar refractivity (Wildman–Crippen MR) is 84.4 cm³/mol. The summed E-state index contributed by atoms with van der Waals surface area (Å²) in [5.41, 5.74) is 2.93. The summed E-state index contributed by atoms with van der Waals surface area (Å²) in [7, 11) is 0. The predicted octanol–water partition coefficient (Wildman–Crippen LogP) is 2.32. The molecular formula is C17H19N3O2. The molecular weight excluding hydrogens is 278 g/mol. The summed E-state index contributed by atoms with van der Waals surface area (Å²) in [6.07, 6.45) is 2.89. The summed E-state index contributed by atoms with van der Waals surface area (Å²) >= 11 is 0. The van der Waals surface area contributed by atoms with Gasteiger partial charge < -0.3 is 14.4 Å². The molecule has 0 aliphatic heterocycles. The number of hydrogen-bond acceptors (Lipinski definition) is 4. The Morgan fingerprint density at radius 1 is 1.23 bits per heavy atom. The fourth-order valence-electron chi connectivity index (χ4n) is 2.48. The summed E-state index contributed by atoms with van der Waals surface area (Å²) in [6, 6.07) is 11.8. The molecule has 0 spiro atoms. The van der Waals surface area contributed by atoms with Crippen LogP contribution < -0.4 is 0 Å². The molecule has 5 nitrogen and oxygen atoms in total. The normalized spacial score (nSPS) is 12.6.